The molecule has 27 heavy (non-hydrogen) atoms. The average Bonchev–Trinajstić information content (AvgIpc) is 2.59. The minimum Gasteiger partial charge on any atom is -0.424 e. The lowest BCUT2D eigenvalue weighted by Crippen LogP contribution is -2.40. The van der Waals surface area contributed by atoms with Gasteiger partial charge < -0.3 is 4.74 Å². The van der Waals surface area contributed by atoms with E-state index < -0.39 is 28.3 Å². The molecule has 0 bridgehead atoms. The zero-order valence-corrected chi connectivity index (χ0v) is 16.6. The Morgan fingerprint density at radius 3 is 2.19 bits per heavy atom. The van der Waals surface area contributed by atoms with E-state index in [0.717, 1.165) is 44.2 Å². The van der Waals surface area contributed by atoms with Crippen LogP contribution in [0.5, 0.6) is 5.75 Å². The highest BCUT2D eigenvalue weighted by molar-refractivity contribution is 9.10. The first kappa shape index (κ1) is 22.4. The summed E-state index contributed by atoms with van der Waals surface area (Å²) in [5, 5.41) is 0. The van der Waals surface area contributed by atoms with Crippen molar-refractivity contribution in [3.63, 3.8) is 0 Å². The van der Waals surface area contributed by atoms with E-state index in [1.807, 2.05) is 0 Å². The Morgan fingerprint density at radius 1 is 1.00 bits per heavy atom. The predicted molar refractivity (Wildman–Crippen MR) is 94.6 cm³/mol. The maximum absolute atomic E-state index is 14.4. The summed E-state index contributed by atoms with van der Waals surface area (Å²) in [5.41, 5.74) is 0.0841. The predicted octanol–water partition coefficient (Wildman–Crippen LogP) is 7.78. The maximum atomic E-state index is 14.4. The van der Waals surface area contributed by atoms with Gasteiger partial charge in [0, 0.05) is 15.9 Å². The number of alkyl halides is 5. The molecule has 1 saturated carbocycles. The van der Waals surface area contributed by atoms with Crippen LogP contribution in [0.3, 0.4) is 0 Å². The van der Waals surface area contributed by atoms with Gasteiger partial charge in [-0.2, -0.15) is 22.0 Å². The second-order valence-corrected chi connectivity index (χ2v) is 8.11. The van der Waals surface area contributed by atoms with Gasteiger partial charge in [0.05, 0.1) is 0 Å². The van der Waals surface area contributed by atoms with E-state index in [9.17, 15) is 26.3 Å². The molecule has 0 unspecified atom stereocenters. The summed E-state index contributed by atoms with van der Waals surface area (Å²) in [6.45, 7) is 2.14. The Kier molecular flexibility index (Phi) is 7.50. The summed E-state index contributed by atoms with van der Waals surface area (Å²) in [7, 11) is 0. The summed E-state index contributed by atoms with van der Waals surface area (Å²) >= 11 is 1.48. The fourth-order valence-corrected chi connectivity index (χ4v) is 3.66. The number of ether oxygens (including phenoxy) is 1. The Labute approximate surface area is 163 Å². The molecule has 1 aliphatic rings. The number of hydrogen-bond acceptors (Lipinski definition) is 1. The van der Waals surface area contributed by atoms with Crippen molar-refractivity contribution in [2.45, 2.75) is 75.1 Å². The lowest BCUT2D eigenvalue weighted by atomic mass is 9.77. The minimum atomic E-state index is -5.02. The Balaban J connectivity index is 2.05. The van der Waals surface area contributed by atoms with Crippen molar-refractivity contribution in [2.24, 2.45) is 5.92 Å². The molecule has 0 aromatic heterocycles. The zero-order chi connectivity index (χ0) is 20.2. The van der Waals surface area contributed by atoms with Crippen molar-refractivity contribution in [1.82, 2.24) is 0 Å². The number of halogens is 7. The molecule has 2 rings (SSSR count). The molecule has 1 aliphatic carbocycles. The Morgan fingerprint density at radius 2 is 1.63 bits per heavy atom. The van der Waals surface area contributed by atoms with E-state index in [1.165, 1.54) is 22.4 Å². The first-order valence-corrected chi connectivity index (χ1v) is 9.97. The lowest BCUT2D eigenvalue weighted by molar-refractivity contribution is -0.267. The first-order chi connectivity index (χ1) is 12.6. The maximum Gasteiger partial charge on any atom is 0.475 e. The van der Waals surface area contributed by atoms with Gasteiger partial charge in [0.25, 0.3) is 0 Å². The number of benzene rings is 1. The molecular weight excluding hydrogens is 438 g/mol. The third-order valence-electron chi connectivity index (χ3n) is 5.15. The van der Waals surface area contributed by atoms with Crippen LogP contribution in [-0.2, 0) is 0 Å². The van der Waals surface area contributed by atoms with Crippen LogP contribution >= 0.6 is 15.9 Å². The molecule has 8 heteroatoms. The third kappa shape index (κ3) is 5.55. The monoisotopic (exact) mass is 460 g/mol. The molecule has 1 fully saturated rings. The van der Waals surface area contributed by atoms with Crippen molar-refractivity contribution in [3.05, 3.63) is 29.3 Å². The molecule has 0 saturated heterocycles. The van der Waals surface area contributed by atoms with Crippen molar-refractivity contribution >= 4 is 15.9 Å². The molecule has 0 amide bonds. The van der Waals surface area contributed by atoms with Crippen molar-refractivity contribution in [3.8, 4) is 5.75 Å². The highest BCUT2D eigenvalue weighted by atomic mass is 79.9. The van der Waals surface area contributed by atoms with Gasteiger partial charge in [-0.25, -0.2) is 4.39 Å². The molecule has 1 aromatic rings. The van der Waals surface area contributed by atoms with Gasteiger partial charge in [0.2, 0.25) is 5.82 Å². The fraction of sp³-hybridized carbons (Fsp3) is 0.684. The lowest BCUT2D eigenvalue weighted by Gasteiger charge is -2.29. The van der Waals surface area contributed by atoms with Crippen molar-refractivity contribution in [2.75, 3.05) is 0 Å². The number of rotatable bonds is 8. The van der Waals surface area contributed by atoms with E-state index >= 15 is 0 Å². The third-order valence-corrected chi connectivity index (χ3v) is 5.61. The van der Waals surface area contributed by atoms with E-state index in [-0.39, 0.29) is 11.5 Å². The smallest absolute Gasteiger partial charge is 0.424 e. The Bertz CT molecular complexity index is 623. The van der Waals surface area contributed by atoms with E-state index in [4.69, 9.17) is 0 Å². The molecule has 0 radical (unpaired) electrons. The van der Waals surface area contributed by atoms with Crippen molar-refractivity contribution in [1.29, 1.82) is 0 Å². The van der Waals surface area contributed by atoms with Gasteiger partial charge in [0.1, 0.15) is 0 Å². The minimum absolute atomic E-state index is 0.0841. The van der Waals surface area contributed by atoms with Gasteiger partial charge in [-0.15, -0.1) is 0 Å². The van der Waals surface area contributed by atoms with Gasteiger partial charge in [0.15, 0.2) is 11.6 Å². The van der Waals surface area contributed by atoms with Crippen LogP contribution in [0.15, 0.2) is 12.1 Å². The van der Waals surface area contributed by atoms with Crippen LogP contribution in [0, 0.1) is 17.6 Å². The molecule has 0 spiro atoms. The molecule has 1 aromatic carbocycles. The number of unbranched alkanes of at least 4 members (excludes halogenated alkanes) is 2. The van der Waals surface area contributed by atoms with Gasteiger partial charge in [-0.1, -0.05) is 38.7 Å². The average molecular weight is 461 g/mol. The SMILES string of the molecule is CCCCCC1CCC(c2ccc(OC(F)(F)C(F)(F)Br)c(F)c2F)CC1. The van der Waals surface area contributed by atoms with Crippen LogP contribution < -0.4 is 4.74 Å². The van der Waals surface area contributed by atoms with E-state index in [0.29, 0.717) is 18.8 Å². The highest BCUT2D eigenvalue weighted by Crippen LogP contribution is 2.43. The van der Waals surface area contributed by atoms with E-state index in [1.54, 1.807) is 0 Å². The molecule has 0 atom stereocenters. The standard InChI is InChI=1S/C19H23BrF6O/c1-2-3-4-5-12-6-8-13(9-7-12)14-10-11-15(17(22)16(14)21)27-19(25,26)18(20,23)24/h10-13H,2-9H2,1H3. The highest BCUT2D eigenvalue weighted by Gasteiger charge is 2.58. The van der Waals surface area contributed by atoms with Crippen LogP contribution in [0.2, 0.25) is 0 Å². The molecular formula is C19H23BrF6O. The number of hydrogen-bond donors (Lipinski definition) is 0. The topological polar surface area (TPSA) is 9.23 Å². The fourth-order valence-electron chi connectivity index (χ4n) is 3.58. The second kappa shape index (κ2) is 9.05. The van der Waals surface area contributed by atoms with Gasteiger partial charge in [-0.3, -0.25) is 0 Å². The summed E-state index contributed by atoms with van der Waals surface area (Å²) in [6, 6.07) is 1.94. The summed E-state index contributed by atoms with van der Waals surface area (Å²) in [6.07, 6.45) is 2.77. The summed E-state index contributed by atoms with van der Waals surface area (Å²) < 4.78 is 84.2. The van der Waals surface area contributed by atoms with Crippen LogP contribution in [-0.4, -0.2) is 10.9 Å². The Hall–Kier alpha value is -0.920. The molecule has 0 heterocycles. The summed E-state index contributed by atoms with van der Waals surface area (Å²) in [4.78, 5) is -4.71. The van der Waals surface area contributed by atoms with Crippen LogP contribution in [0.25, 0.3) is 0 Å². The second-order valence-electron chi connectivity index (χ2n) is 7.11. The quantitative estimate of drug-likeness (QED) is 0.218. The van der Waals surface area contributed by atoms with Crippen LogP contribution in [0.4, 0.5) is 26.3 Å². The van der Waals surface area contributed by atoms with Crippen molar-refractivity contribution < 1.29 is 31.1 Å². The zero-order valence-electron chi connectivity index (χ0n) is 15.0. The van der Waals surface area contributed by atoms with E-state index in [2.05, 4.69) is 11.7 Å². The largest absolute Gasteiger partial charge is 0.475 e. The first-order valence-electron chi connectivity index (χ1n) is 9.18. The normalized spacial score (nSPS) is 21.3. The molecule has 0 aliphatic heterocycles. The molecule has 0 N–H and O–H groups in total. The molecule has 1 nitrogen and oxygen atoms in total. The van der Waals surface area contributed by atoms with Gasteiger partial charge in [-0.05, 0) is 49.1 Å². The summed E-state index contributed by atoms with van der Waals surface area (Å²) in [5.74, 6) is -3.87. The van der Waals surface area contributed by atoms with Gasteiger partial charge >= 0.3 is 10.9 Å². The van der Waals surface area contributed by atoms with Crippen LogP contribution in [0.1, 0.15) is 69.8 Å². The molecule has 154 valence electrons.